The molecule has 1 aliphatic rings. The second kappa shape index (κ2) is 6.45. The minimum atomic E-state index is -1.11. The largest absolute Gasteiger partial charge is 0.491 e. The maximum absolute atomic E-state index is 12.5. The lowest BCUT2D eigenvalue weighted by atomic mass is 10.1. The maximum atomic E-state index is 12.5. The summed E-state index contributed by atoms with van der Waals surface area (Å²) in [7, 11) is 0. The monoisotopic (exact) mass is 329 g/mol. The molecule has 2 heterocycles. The van der Waals surface area contributed by atoms with Crippen molar-refractivity contribution >= 4 is 5.91 Å². The number of aromatic nitrogens is 2. The Kier molecular flexibility index (Phi) is 4.35. The maximum Gasteiger partial charge on any atom is 0.345 e. The van der Waals surface area contributed by atoms with Gasteiger partial charge in [-0.3, -0.25) is 4.79 Å². The van der Waals surface area contributed by atoms with Crippen LogP contribution in [-0.2, 0) is 0 Å². The molecule has 7 heteroatoms. The fraction of sp³-hybridized carbons (Fsp3) is 0.353. The van der Waals surface area contributed by atoms with E-state index >= 15 is 0 Å². The van der Waals surface area contributed by atoms with Gasteiger partial charge in [-0.1, -0.05) is 18.2 Å². The van der Waals surface area contributed by atoms with E-state index in [1.54, 1.807) is 6.92 Å². The topological polar surface area (TPSA) is 95.5 Å². The molecule has 0 aliphatic carbocycles. The number of hydrogen-bond acceptors (Lipinski definition) is 5. The highest BCUT2D eigenvalue weighted by atomic mass is 16.5. The number of nitrogens with one attached hydrogen (secondary N) is 1. The number of β-amino-alcohol motifs (C(OH)–C–C–N with tert-alkyl or cyclic N) is 1. The van der Waals surface area contributed by atoms with E-state index in [0.29, 0.717) is 24.4 Å². The van der Waals surface area contributed by atoms with Gasteiger partial charge in [0.2, 0.25) is 0 Å². The minimum Gasteiger partial charge on any atom is -0.491 e. The first kappa shape index (κ1) is 16.2. The Balaban J connectivity index is 1.65. The van der Waals surface area contributed by atoms with Gasteiger partial charge in [-0.25, -0.2) is 4.79 Å². The normalized spacial score (nSPS) is 20.2. The number of aryl methyl sites for hydroxylation is 1. The third-order valence-electron chi connectivity index (χ3n) is 3.97. The van der Waals surface area contributed by atoms with Gasteiger partial charge in [0.15, 0.2) is 0 Å². The third-order valence-corrected chi connectivity index (χ3v) is 3.97. The molecule has 0 saturated carbocycles. The van der Waals surface area contributed by atoms with Gasteiger partial charge >= 0.3 is 5.69 Å². The molecule has 1 aromatic heterocycles. The molecule has 126 valence electrons. The molecule has 0 radical (unpaired) electrons. The number of ether oxygens (including phenoxy) is 1. The van der Waals surface area contributed by atoms with Gasteiger partial charge < -0.3 is 19.7 Å². The highest BCUT2D eigenvalue weighted by Crippen LogP contribution is 2.24. The van der Waals surface area contributed by atoms with Crippen LogP contribution in [0.2, 0.25) is 0 Å². The molecule has 0 bridgehead atoms. The lowest BCUT2D eigenvalue weighted by Crippen LogP contribution is -2.41. The average molecular weight is 329 g/mol. The number of likely N-dealkylation sites (tertiary alicyclic amines) is 1. The standard InChI is InChI=1S/C17H19N3O4/c1-12-9-14(19-16(22)18-12)15(21)20-8-7-17(23,10-20)11-24-13-5-3-2-4-6-13/h2-6,9,23H,7-8,10-11H2,1H3,(H,18,19,22)/t17-/m1/s1. The molecule has 24 heavy (non-hydrogen) atoms. The van der Waals surface area contributed by atoms with Crippen LogP contribution in [0.3, 0.4) is 0 Å². The number of nitrogens with zero attached hydrogens (tertiary/aromatic N) is 2. The highest BCUT2D eigenvalue weighted by molar-refractivity contribution is 5.92. The molecule has 0 spiro atoms. The van der Waals surface area contributed by atoms with Gasteiger partial charge in [0, 0.05) is 12.2 Å². The van der Waals surface area contributed by atoms with Crippen LogP contribution in [0.25, 0.3) is 0 Å². The number of H-pyrrole nitrogens is 1. The van der Waals surface area contributed by atoms with Crippen molar-refractivity contribution in [3.8, 4) is 5.75 Å². The predicted octanol–water partition coefficient (Wildman–Crippen LogP) is 0.734. The van der Waals surface area contributed by atoms with Crippen molar-refractivity contribution in [2.24, 2.45) is 0 Å². The molecular formula is C17H19N3O4. The zero-order valence-electron chi connectivity index (χ0n) is 13.4. The van der Waals surface area contributed by atoms with Crippen LogP contribution in [0.15, 0.2) is 41.2 Å². The number of carbonyl (C=O) groups is 1. The molecule has 1 fully saturated rings. The van der Waals surface area contributed by atoms with Crippen molar-refractivity contribution in [1.29, 1.82) is 0 Å². The number of carbonyl (C=O) groups excluding carboxylic acids is 1. The summed E-state index contributed by atoms with van der Waals surface area (Å²) in [5, 5.41) is 10.6. The minimum absolute atomic E-state index is 0.0875. The predicted molar refractivity (Wildman–Crippen MR) is 87.0 cm³/mol. The van der Waals surface area contributed by atoms with Gasteiger partial charge in [-0.15, -0.1) is 0 Å². The highest BCUT2D eigenvalue weighted by Gasteiger charge is 2.39. The molecule has 0 unspecified atom stereocenters. The van der Waals surface area contributed by atoms with Gasteiger partial charge in [0.05, 0.1) is 6.54 Å². The first-order chi connectivity index (χ1) is 11.5. The number of hydrogen-bond donors (Lipinski definition) is 2. The van der Waals surface area contributed by atoms with Crippen LogP contribution in [0.4, 0.5) is 0 Å². The van der Waals surface area contributed by atoms with Gasteiger partial charge in [-0.2, -0.15) is 4.98 Å². The van der Waals surface area contributed by atoms with E-state index in [1.165, 1.54) is 11.0 Å². The number of amides is 1. The molecule has 7 nitrogen and oxygen atoms in total. The van der Waals surface area contributed by atoms with Crippen molar-refractivity contribution in [3.63, 3.8) is 0 Å². The van der Waals surface area contributed by atoms with Crippen molar-refractivity contribution < 1.29 is 14.6 Å². The Bertz CT molecular complexity index is 790. The first-order valence-corrected chi connectivity index (χ1v) is 7.73. The molecule has 1 saturated heterocycles. The summed E-state index contributed by atoms with van der Waals surface area (Å²) < 4.78 is 5.61. The Labute approximate surface area is 138 Å². The smallest absolute Gasteiger partial charge is 0.345 e. The van der Waals surface area contributed by atoms with E-state index in [0.717, 1.165) is 0 Å². The molecule has 2 N–H and O–H groups in total. The van der Waals surface area contributed by atoms with E-state index in [2.05, 4.69) is 9.97 Å². The summed E-state index contributed by atoms with van der Waals surface area (Å²) >= 11 is 0. The summed E-state index contributed by atoms with van der Waals surface area (Å²) in [5.41, 5.74) is -1.01. The SMILES string of the molecule is Cc1cc(C(=O)N2CC[C@](O)(COc3ccccc3)C2)nc(=O)[nH]1. The first-order valence-electron chi connectivity index (χ1n) is 7.73. The molecule has 1 aromatic carbocycles. The van der Waals surface area contributed by atoms with E-state index in [-0.39, 0.29) is 24.8 Å². The molecular weight excluding hydrogens is 310 g/mol. The second-order valence-corrected chi connectivity index (χ2v) is 6.06. The van der Waals surface area contributed by atoms with Gasteiger partial charge in [0.1, 0.15) is 23.7 Å². The summed E-state index contributed by atoms with van der Waals surface area (Å²) in [4.78, 5) is 31.6. The number of rotatable bonds is 4. The van der Waals surface area contributed by atoms with Crippen LogP contribution in [0, 0.1) is 6.92 Å². The Morgan fingerprint density at radius 1 is 1.42 bits per heavy atom. The van der Waals surface area contributed by atoms with Crippen LogP contribution >= 0.6 is 0 Å². The van der Waals surface area contributed by atoms with Gasteiger partial charge in [0.25, 0.3) is 5.91 Å². The summed E-state index contributed by atoms with van der Waals surface area (Å²) in [6.45, 7) is 2.32. The second-order valence-electron chi connectivity index (χ2n) is 6.06. The lowest BCUT2D eigenvalue weighted by molar-refractivity contribution is 0.00425. The van der Waals surface area contributed by atoms with Gasteiger partial charge in [-0.05, 0) is 31.5 Å². The van der Waals surface area contributed by atoms with Crippen LogP contribution in [-0.4, -0.2) is 51.2 Å². The summed E-state index contributed by atoms with van der Waals surface area (Å²) in [6.07, 6.45) is 0.410. The summed E-state index contributed by atoms with van der Waals surface area (Å²) in [5.74, 6) is 0.308. The van der Waals surface area contributed by atoms with E-state index in [9.17, 15) is 14.7 Å². The molecule has 3 rings (SSSR count). The molecule has 1 atom stereocenters. The number of para-hydroxylation sites is 1. The number of aromatic amines is 1. The van der Waals surface area contributed by atoms with Crippen molar-refractivity contribution in [1.82, 2.24) is 14.9 Å². The fourth-order valence-electron chi connectivity index (χ4n) is 2.73. The third kappa shape index (κ3) is 3.62. The number of aliphatic hydroxyl groups is 1. The zero-order chi connectivity index (χ0) is 17.2. The fourth-order valence-corrected chi connectivity index (χ4v) is 2.73. The van der Waals surface area contributed by atoms with E-state index in [1.807, 2.05) is 30.3 Å². The molecule has 1 aliphatic heterocycles. The Hall–Kier alpha value is -2.67. The Morgan fingerprint density at radius 2 is 2.17 bits per heavy atom. The molecule has 2 aromatic rings. The van der Waals surface area contributed by atoms with Crippen LogP contribution in [0.1, 0.15) is 22.6 Å². The van der Waals surface area contributed by atoms with E-state index < -0.39 is 11.3 Å². The molecule has 1 amide bonds. The van der Waals surface area contributed by atoms with E-state index in [4.69, 9.17) is 4.74 Å². The van der Waals surface area contributed by atoms with Crippen LogP contribution < -0.4 is 10.4 Å². The quantitative estimate of drug-likeness (QED) is 0.862. The van der Waals surface area contributed by atoms with Crippen molar-refractivity contribution in [2.45, 2.75) is 18.9 Å². The van der Waals surface area contributed by atoms with Crippen molar-refractivity contribution in [3.05, 3.63) is 58.3 Å². The van der Waals surface area contributed by atoms with Crippen molar-refractivity contribution in [2.75, 3.05) is 19.7 Å². The zero-order valence-corrected chi connectivity index (χ0v) is 13.4. The summed E-state index contributed by atoms with van der Waals surface area (Å²) in [6, 6.07) is 10.7. The number of benzene rings is 1. The Morgan fingerprint density at radius 3 is 2.88 bits per heavy atom. The van der Waals surface area contributed by atoms with Crippen LogP contribution in [0.5, 0.6) is 5.75 Å². The average Bonchev–Trinajstić information content (AvgIpc) is 2.95. The lowest BCUT2D eigenvalue weighted by Gasteiger charge is -2.23.